The highest BCUT2D eigenvalue weighted by Crippen LogP contribution is 2.17. The van der Waals surface area contributed by atoms with Gasteiger partial charge in [-0.25, -0.2) is 13.8 Å². The van der Waals surface area contributed by atoms with Crippen molar-refractivity contribution in [3.63, 3.8) is 0 Å². The van der Waals surface area contributed by atoms with Gasteiger partial charge in [-0.1, -0.05) is 12.1 Å². The number of aromatic nitrogens is 1. The average molecular weight is 480 g/mol. The highest BCUT2D eigenvalue weighted by molar-refractivity contribution is 14.0. The lowest BCUT2D eigenvalue weighted by Crippen LogP contribution is -2.39. The SMILES string of the molecule is CCNC(=NCc1cc(CC)no1)NCCOc1ccc(F)cc1F.I. The second kappa shape index (κ2) is 11.7. The molecule has 0 aliphatic carbocycles. The molecular weight excluding hydrogens is 457 g/mol. The number of nitrogens with one attached hydrogen (secondary N) is 2. The van der Waals surface area contributed by atoms with Crippen LogP contribution in [0.5, 0.6) is 5.75 Å². The van der Waals surface area contributed by atoms with E-state index in [1.165, 1.54) is 6.07 Å². The summed E-state index contributed by atoms with van der Waals surface area (Å²) in [6, 6.07) is 5.07. The predicted molar refractivity (Wildman–Crippen MR) is 106 cm³/mol. The summed E-state index contributed by atoms with van der Waals surface area (Å²) < 4.78 is 36.8. The molecule has 0 saturated carbocycles. The van der Waals surface area contributed by atoms with Crippen LogP contribution in [0.15, 0.2) is 33.8 Å². The molecule has 1 aromatic carbocycles. The quantitative estimate of drug-likeness (QED) is 0.263. The van der Waals surface area contributed by atoms with Gasteiger partial charge in [0.1, 0.15) is 19.0 Å². The molecule has 0 bridgehead atoms. The minimum atomic E-state index is -0.724. The first-order valence-electron chi connectivity index (χ1n) is 8.16. The summed E-state index contributed by atoms with van der Waals surface area (Å²) in [5.41, 5.74) is 0.887. The van der Waals surface area contributed by atoms with Crippen molar-refractivity contribution < 1.29 is 18.0 Å². The van der Waals surface area contributed by atoms with Crippen LogP contribution in [0, 0.1) is 11.6 Å². The average Bonchev–Trinajstić information content (AvgIpc) is 3.06. The number of hydrogen-bond acceptors (Lipinski definition) is 4. The van der Waals surface area contributed by atoms with Gasteiger partial charge in [0.2, 0.25) is 0 Å². The lowest BCUT2D eigenvalue weighted by Gasteiger charge is -2.12. The Morgan fingerprint density at radius 3 is 2.69 bits per heavy atom. The summed E-state index contributed by atoms with van der Waals surface area (Å²) in [7, 11) is 0. The van der Waals surface area contributed by atoms with E-state index in [-0.39, 0.29) is 36.3 Å². The minimum absolute atomic E-state index is 0. The monoisotopic (exact) mass is 480 g/mol. The van der Waals surface area contributed by atoms with Crippen molar-refractivity contribution >= 4 is 29.9 Å². The van der Waals surface area contributed by atoms with Crippen LogP contribution in [0.2, 0.25) is 0 Å². The highest BCUT2D eigenvalue weighted by atomic mass is 127. The number of benzene rings is 1. The molecule has 0 aliphatic rings. The van der Waals surface area contributed by atoms with E-state index < -0.39 is 11.6 Å². The first-order chi connectivity index (χ1) is 12.1. The van der Waals surface area contributed by atoms with E-state index in [4.69, 9.17) is 9.26 Å². The summed E-state index contributed by atoms with van der Waals surface area (Å²) >= 11 is 0. The van der Waals surface area contributed by atoms with E-state index in [0.717, 1.165) is 24.2 Å². The van der Waals surface area contributed by atoms with E-state index in [0.29, 0.717) is 31.4 Å². The fourth-order valence-corrected chi connectivity index (χ4v) is 2.02. The van der Waals surface area contributed by atoms with Gasteiger partial charge >= 0.3 is 0 Å². The zero-order valence-electron chi connectivity index (χ0n) is 14.7. The molecule has 0 aliphatic heterocycles. The largest absolute Gasteiger partial charge is 0.489 e. The number of aryl methyl sites for hydroxylation is 1. The Balaban J connectivity index is 0.00000338. The van der Waals surface area contributed by atoms with Crippen LogP contribution in [-0.2, 0) is 13.0 Å². The maximum absolute atomic E-state index is 13.5. The first kappa shape index (κ1) is 22.1. The fourth-order valence-electron chi connectivity index (χ4n) is 2.02. The molecule has 144 valence electrons. The third-order valence-corrected chi connectivity index (χ3v) is 3.25. The fraction of sp³-hybridized carbons (Fsp3) is 0.412. The Hall–Kier alpha value is -1.91. The Labute approximate surface area is 168 Å². The number of halogens is 3. The van der Waals surface area contributed by atoms with E-state index in [2.05, 4.69) is 20.8 Å². The van der Waals surface area contributed by atoms with Crippen LogP contribution in [0.3, 0.4) is 0 Å². The van der Waals surface area contributed by atoms with Crippen LogP contribution < -0.4 is 15.4 Å². The maximum Gasteiger partial charge on any atom is 0.191 e. The second-order valence-corrected chi connectivity index (χ2v) is 5.18. The molecule has 1 heterocycles. The van der Waals surface area contributed by atoms with Gasteiger partial charge in [-0.3, -0.25) is 0 Å². The molecule has 0 saturated heterocycles. The van der Waals surface area contributed by atoms with Crippen molar-refractivity contribution in [2.45, 2.75) is 26.8 Å². The molecular formula is C17H23F2IN4O2. The molecule has 9 heteroatoms. The van der Waals surface area contributed by atoms with Gasteiger partial charge in [-0.2, -0.15) is 0 Å². The standard InChI is InChI=1S/C17H22F2N4O2.HI/c1-3-13-10-14(25-23-13)11-22-17(20-4-2)21-7-8-24-16-6-5-12(18)9-15(16)19;/h5-6,9-10H,3-4,7-8,11H2,1-2H3,(H2,20,21,22);1H. The molecule has 0 atom stereocenters. The van der Waals surface area contributed by atoms with Gasteiger partial charge < -0.3 is 19.9 Å². The van der Waals surface area contributed by atoms with Gasteiger partial charge in [0.25, 0.3) is 0 Å². The molecule has 1 aromatic heterocycles. The normalized spacial score (nSPS) is 11.0. The maximum atomic E-state index is 13.5. The Morgan fingerprint density at radius 1 is 1.23 bits per heavy atom. The van der Waals surface area contributed by atoms with Crippen LogP contribution in [0.25, 0.3) is 0 Å². The number of ether oxygens (including phenoxy) is 1. The molecule has 0 spiro atoms. The van der Waals surface area contributed by atoms with Crippen molar-refractivity contribution in [3.8, 4) is 5.75 Å². The number of rotatable bonds is 8. The molecule has 0 amide bonds. The topological polar surface area (TPSA) is 71.7 Å². The van der Waals surface area contributed by atoms with E-state index in [1.807, 2.05) is 19.9 Å². The van der Waals surface area contributed by atoms with Crippen LogP contribution in [0.4, 0.5) is 8.78 Å². The molecule has 2 N–H and O–H groups in total. The third kappa shape index (κ3) is 7.14. The first-order valence-corrected chi connectivity index (χ1v) is 8.16. The number of aliphatic imine (C=N–C) groups is 1. The van der Waals surface area contributed by atoms with Gasteiger partial charge in [0.05, 0.1) is 12.2 Å². The summed E-state index contributed by atoms with van der Waals surface area (Å²) in [5.74, 6) is -0.0847. The van der Waals surface area contributed by atoms with Gasteiger partial charge in [0.15, 0.2) is 23.3 Å². The van der Waals surface area contributed by atoms with Gasteiger partial charge in [-0.15, -0.1) is 24.0 Å². The second-order valence-electron chi connectivity index (χ2n) is 5.18. The summed E-state index contributed by atoms with van der Waals surface area (Å²) in [6.07, 6.45) is 0.808. The van der Waals surface area contributed by atoms with Crippen molar-refractivity contribution in [1.29, 1.82) is 0 Å². The molecule has 2 aromatic rings. The van der Waals surface area contributed by atoms with Gasteiger partial charge in [0, 0.05) is 18.7 Å². The lowest BCUT2D eigenvalue weighted by atomic mass is 10.3. The molecule has 0 unspecified atom stereocenters. The zero-order chi connectivity index (χ0) is 18.1. The van der Waals surface area contributed by atoms with Crippen molar-refractivity contribution in [2.75, 3.05) is 19.7 Å². The van der Waals surface area contributed by atoms with Crippen LogP contribution in [0.1, 0.15) is 25.3 Å². The highest BCUT2D eigenvalue weighted by Gasteiger charge is 2.05. The van der Waals surface area contributed by atoms with E-state index in [1.54, 1.807) is 0 Å². The van der Waals surface area contributed by atoms with E-state index in [9.17, 15) is 8.78 Å². The van der Waals surface area contributed by atoms with Crippen molar-refractivity contribution in [2.24, 2.45) is 4.99 Å². The van der Waals surface area contributed by atoms with E-state index >= 15 is 0 Å². The Kier molecular flexibility index (Phi) is 9.92. The van der Waals surface area contributed by atoms with Crippen molar-refractivity contribution in [1.82, 2.24) is 15.8 Å². The third-order valence-electron chi connectivity index (χ3n) is 3.25. The smallest absolute Gasteiger partial charge is 0.191 e. The number of nitrogens with zero attached hydrogens (tertiary/aromatic N) is 2. The zero-order valence-corrected chi connectivity index (χ0v) is 17.1. The molecule has 6 nitrogen and oxygen atoms in total. The summed E-state index contributed by atoms with van der Waals surface area (Å²) in [4.78, 5) is 4.39. The molecule has 2 rings (SSSR count). The van der Waals surface area contributed by atoms with Gasteiger partial charge in [-0.05, 0) is 25.5 Å². The van der Waals surface area contributed by atoms with Crippen LogP contribution in [-0.4, -0.2) is 30.8 Å². The molecule has 0 fully saturated rings. The predicted octanol–water partition coefficient (Wildman–Crippen LogP) is 3.27. The van der Waals surface area contributed by atoms with Crippen molar-refractivity contribution in [3.05, 3.63) is 47.4 Å². The molecule has 26 heavy (non-hydrogen) atoms. The van der Waals surface area contributed by atoms with Crippen LogP contribution >= 0.6 is 24.0 Å². The minimum Gasteiger partial charge on any atom is -0.489 e. The lowest BCUT2D eigenvalue weighted by molar-refractivity contribution is 0.304. The summed E-state index contributed by atoms with van der Waals surface area (Å²) in [5, 5.41) is 10.1. The number of guanidine groups is 1. The Morgan fingerprint density at radius 2 is 2.04 bits per heavy atom. The Bertz CT molecular complexity index is 710. The summed E-state index contributed by atoms with van der Waals surface area (Å²) in [6.45, 7) is 5.60. The molecule has 0 radical (unpaired) electrons. The number of hydrogen-bond donors (Lipinski definition) is 2.